The summed E-state index contributed by atoms with van der Waals surface area (Å²) in [6.07, 6.45) is 11.7. The van der Waals surface area contributed by atoms with Crippen LogP contribution in [0.3, 0.4) is 0 Å². The third kappa shape index (κ3) is 22.6. The van der Waals surface area contributed by atoms with Gasteiger partial charge in [0.2, 0.25) is 5.91 Å². The lowest BCUT2D eigenvalue weighted by molar-refractivity contribution is -0.125. The SMILES string of the molecule is C=C=NCCOCCOCCCCCOCCC=C.CCC(=O)N[C@H]1COC[C@@H]2OC(C)(C)C(C)[C@H]12.CCCCCOCCC.[HH]. The summed E-state index contributed by atoms with van der Waals surface area (Å²) < 4.78 is 33.0. The second-order valence-corrected chi connectivity index (χ2v) is 12.0. The highest BCUT2D eigenvalue weighted by atomic mass is 16.6. The number of unbranched alkanes of at least 4 members (excludes halogenated alkanes) is 4. The van der Waals surface area contributed by atoms with Gasteiger partial charge >= 0.3 is 0 Å². The average Bonchev–Trinajstić information content (AvgIpc) is 3.27. The van der Waals surface area contributed by atoms with E-state index in [1.54, 1.807) is 0 Å². The molecule has 0 saturated carbocycles. The van der Waals surface area contributed by atoms with E-state index < -0.39 is 0 Å². The van der Waals surface area contributed by atoms with Crippen molar-refractivity contribution >= 4 is 11.8 Å². The number of aliphatic imine (C=N–C) groups is 1. The number of ether oxygens (including phenoxy) is 6. The Hall–Kier alpha value is -1.58. The van der Waals surface area contributed by atoms with Crippen LogP contribution in [0.1, 0.15) is 101 Å². The molecule has 4 atom stereocenters. The van der Waals surface area contributed by atoms with E-state index in [2.05, 4.69) is 64.0 Å². The highest BCUT2D eigenvalue weighted by Crippen LogP contribution is 2.43. The van der Waals surface area contributed by atoms with Crippen LogP contribution in [-0.2, 0) is 33.2 Å². The number of fused-ring (bicyclic) bond motifs is 1. The topological polar surface area (TPSA) is 96.8 Å². The monoisotopic (exact) mass is 643 g/mol. The summed E-state index contributed by atoms with van der Waals surface area (Å²) in [4.78, 5) is 15.4. The molecule has 0 bridgehead atoms. The maximum Gasteiger partial charge on any atom is 0.220 e. The highest BCUT2D eigenvalue weighted by molar-refractivity contribution is 5.75. The van der Waals surface area contributed by atoms with Gasteiger partial charge in [0.1, 0.15) is 0 Å². The van der Waals surface area contributed by atoms with Crippen LogP contribution in [0, 0.1) is 11.8 Å². The minimum Gasteiger partial charge on any atom is -0.381 e. The first kappa shape index (κ1) is 43.4. The zero-order valence-electron chi connectivity index (χ0n) is 29.7. The molecule has 45 heavy (non-hydrogen) atoms. The van der Waals surface area contributed by atoms with E-state index in [9.17, 15) is 4.79 Å². The molecule has 0 aromatic carbocycles. The lowest BCUT2D eigenvalue weighted by atomic mass is 9.77. The Kier molecular flexibility index (Phi) is 28.8. The summed E-state index contributed by atoms with van der Waals surface area (Å²) >= 11 is 0. The van der Waals surface area contributed by atoms with Crippen molar-refractivity contribution in [2.45, 2.75) is 117 Å². The number of hydrogen-bond donors (Lipinski definition) is 1. The maximum absolute atomic E-state index is 11.5. The van der Waals surface area contributed by atoms with Crippen LogP contribution in [0.2, 0.25) is 0 Å². The fourth-order valence-corrected chi connectivity index (χ4v) is 5.05. The van der Waals surface area contributed by atoms with Gasteiger partial charge in [0, 0.05) is 46.8 Å². The smallest absolute Gasteiger partial charge is 0.220 e. The minimum atomic E-state index is -0.127. The number of carbonyl (C=O) groups excluding carboxylic acids is 1. The first-order chi connectivity index (χ1) is 21.8. The van der Waals surface area contributed by atoms with Crippen LogP contribution in [0.4, 0.5) is 0 Å². The van der Waals surface area contributed by atoms with E-state index in [4.69, 9.17) is 28.4 Å². The van der Waals surface area contributed by atoms with Crippen LogP contribution < -0.4 is 5.32 Å². The second kappa shape index (κ2) is 29.8. The van der Waals surface area contributed by atoms with Gasteiger partial charge < -0.3 is 33.7 Å². The molecule has 0 aliphatic carbocycles. The van der Waals surface area contributed by atoms with E-state index in [0.29, 0.717) is 57.8 Å². The number of nitrogens with one attached hydrogen (secondary N) is 1. The van der Waals surface area contributed by atoms with Crippen molar-refractivity contribution < 1.29 is 34.6 Å². The standard InChI is InChI=1S/C15H27NO3.C13H23NO3.C8H18O.H2/c1-3-5-10-17-11-7-6-8-12-18-14-15-19-13-9-16-4-2;1-5-11(15)14-9-6-16-7-10-12(9)8(2)13(3,4)17-10;1-3-5-6-8-9-7-4-2;/h3H,1-2,5-15H2;8-10,12H,5-7H2,1-4H3,(H,14,15);3-8H2,1-2H3;1H/t;8?,9-,10-,12+;;/m.0../s1. The Morgan fingerprint density at radius 1 is 0.911 bits per heavy atom. The molecular weight excluding hydrogens is 572 g/mol. The molecule has 9 nitrogen and oxygen atoms in total. The Labute approximate surface area is 277 Å². The fraction of sp³-hybridized carbons (Fsp3) is 0.861. The summed E-state index contributed by atoms with van der Waals surface area (Å²) in [5, 5.41) is 3.06. The van der Waals surface area contributed by atoms with Gasteiger partial charge in [-0.05, 0) is 70.7 Å². The van der Waals surface area contributed by atoms with E-state index in [1.165, 1.54) is 19.3 Å². The fourth-order valence-electron chi connectivity index (χ4n) is 5.05. The molecule has 0 radical (unpaired) electrons. The quantitative estimate of drug-likeness (QED) is 0.0742. The van der Waals surface area contributed by atoms with E-state index in [1.807, 2.05) is 13.0 Å². The van der Waals surface area contributed by atoms with Crippen molar-refractivity contribution in [3.63, 3.8) is 0 Å². The van der Waals surface area contributed by atoms with Crippen molar-refractivity contribution in [2.24, 2.45) is 16.8 Å². The van der Waals surface area contributed by atoms with Crippen molar-refractivity contribution in [3.05, 3.63) is 19.2 Å². The van der Waals surface area contributed by atoms with Crippen LogP contribution in [0.5, 0.6) is 0 Å². The molecule has 2 saturated heterocycles. The minimum absolute atomic E-state index is 0. The molecule has 2 rings (SSSR count). The molecule has 2 fully saturated rings. The summed E-state index contributed by atoms with van der Waals surface area (Å²) in [7, 11) is 0. The number of carbonyl (C=O) groups is 1. The van der Waals surface area contributed by atoms with Gasteiger partial charge in [-0.2, -0.15) is 0 Å². The van der Waals surface area contributed by atoms with Crippen molar-refractivity contribution in [1.29, 1.82) is 0 Å². The van der Waals surface area contributed by atoms with Gasteiger partial charge in [0.05, 0.1) is 57.3 Å². The Morgan fingerprint density at radius 3 is 2.13 bits per heavy atom. The van der Waals surface area contributed by atoms with E-state index in [-0.39, 0.29) is 25.1 Å². The summed E-state index contributed by atoms with van der Waals surface area (Å²) in [5.41, 5.74) is -0.127. The van der Waals surface area contributed by atoms with Gasteiger partial charge in [0.25, 0.3) is 0 Å². The van der Waals surface area contributed by atoms with Crippen LogP contribution >= 0.6 is 0 Å². The van der Waals surface area contributed by atoms with Crippen molar-refractivity contribution in [1.82, 2.24) is 5.32 Å². The van der Waals surface area contributed by atoms with Gasteiger partial charge in [-0.3, -0.25) is 4.79 Å². The van der Waals surface area contributed by atoms with Crippen molar-refractivity contribution in [3.8, 4) is 0 Å². The third-order valence-electron chi connectivity index (χ3n) is 7.89. The van der Waals surface area contributed by atoms with E-state index >= 15 is 0 Å². The largest absolute Gasteiger partial charge is 0.381 e. The van der Waals surface area contributed by atoms with Crippen LogP contribution in [0.15, 0.2) is 24.2 Å². The third-order valence-corrected chi connectivity index (χ3v) is 7.89. The predicted molar refractivity (Wildman–Crippen MR) is 186 cm³/mol. The Balaban J connectivity index is 0. The highest BCUT2D eigenvalue weighted by Gasteiger charge is 2.52. The van der Waals surface area contributed by atoms with Gasteiger partial charge in [0.15, 0.2) is 0 Å². The molecule has 1 amide bonds. The zero-order valence-corrected chi connectivity index (χ0v) is 29.7. The van der Waals surface area contributed by atoms with Crippen LogP contribution in [0.25, 0.3) is 0 Å². The lowest BCUT2D eigenvalue weighted by Gasteiger charge is -2.35. The first-order valence-electron chi connectivity index (χ1n) is 17.4. The molecule has 0 spiro atoms. The average molecular weight is 643 g/mol. The molecule has 2 aliphatic heterocycles. The van der Waals surface area contributed by atoms with Gasteiger partial charge in [-0.15, -0.1) is 6.58 Å². The molecule has 1 N–H and O–H groups in total. The summed E-state index contributed by atoms with van der Waals surface area (Å²) in [6.45, 7) is 27.7. The van der Waals surface area contributed by atoms with Gasteiger partial charge in [-0.1, -0.05) is 46.6 Å². The number of nitrogens with zero attached hydrogens (tertiary/aromatic N) is 1. The summed E-state index contributed by atoms with van der Waals surface area (Å²) in [6, 6.07) is 0.0953. The maximum atomic E-state index is 11.5. The number of amides is 1. The molecular formula is C36H70N2O7. The molecule has 9 heteroatoms. The lowest BCUT2D eigenvalue weighted by Crippen LogP contribution is -2.52. The normalized spacial score (nSPS) is 21.3. The molecule has 2 aliphatic rings. The molecule has 1 unspecified atom stereocenters. The van der Waals surface area contributed by atoms with Crippen molar-refractivity contribution in [2.75, 3.05) is 72.6 Å². The van der Waals surface area contributed by atoms with Gasteiger partial charge in [-0.25, -0.2) is 4.99 Å². The molecule has 0 aromatic heterocycles. The predicted octanol–water partition coefficient (Wildman–Crippen LogP) is 6.83. The molecule has 2 heterocycles. The van der Waals surface area contributed by atoms with Crippen LogP contribution in [-0.4, -0.2) is 102 Å². The molecule has 0 aromatic rings. The molecule has 266 valence electrons. The second-order valence-electron chi connectivity index (χ2n) is 12.0. The Bertz CT molecular complexity index is 759. The number of rotatable bonds is 23. The Morgan fingerprint density at radius 2 is 1.53 bits per heavy atom. The number of hydrogen-bond acceptors (Lipinski definition) is 8. The first-order valence-corrected chi connectivity index (χ1v) is 17.4. The van der Waals surface area contributed by atoms with E-state index in [0.717, 1.165) is 65.1 Å². The summed E-state index contributed by atoms with van der Waals surface area (Å²) in [5.74, 6) is 3.36. The zero-order chi connectivity index (χ0) is 33.6.